The van der Waals surface area contributed by atoms with Crippen molar-refractivity contribution in [2.45, 2.75) is 12.8 Å². The summed E-state index contributed by atoms with van der Waals surface area (Å²) in [6, 6.07) is 4.92. The third kappa shape index (κ3) is 3.63. The third-order valence-corrected chi connectivity index (χ3v) is 3.06. The molecular formula is C15H16N2O5. The van der Waals surface area contributed by atoms with Crippen LogP contribution in [0, 0.1) is 0 Å². The van der Waals surface area contributed by atoms with Gasteiger partial charge >= 0.3 is 5.97 Å². The van der Waals surface area contributed by atoms with Gasteiger partial charge in [-0.25, -0.2) is 0 Å². The smallest absolute Gasteiger partial charge is 0.303 e. The minimum absolute atomic E-state index is 0.0366. The van der Waals surface area contributed by atoms with Crippen LogP contribution in [-0.2, 0) is 14.4 Å². The van der Waals surface area contributed by atoms with Crippen molar-refractivity contribution in [3.63, 3.8) is 0 Å². The zero-order chi connectivity index (χ0) is 16.1. The first-order chi connectivity index (χ1) is 10.5. The highest BCUT2D eigenvalue weighted by atomic mass is 16.5. The molecule has 2 rings (SSSR count). The zero-order valence-corrected chi connectivity index (χ0v) is 11.9. The maximum Gasteiger partial charge on any atom is 0.303 e. The largest absolute Gasteiger partial charge is 0.482 e. The number of carboxylic acid groups (broad SMARTS) is 1. The van der Waals surface area contributed by atoms with Gasteiger partial charge in [0.2, 0.25) is 5.91 Å². The van der Waals surface area contributed by atoms with Gasteiger partial charge in [0.15, 0.2) is 6.61 Å². The lowest BCUT2D eigenvalue weighted by molar-refractivity contribution is -0.138. The molecule has 2 N–H and O–H groups in total. The van der Waals surface area contributed by atoms with Gasteiger partial charge in [0.1, 0.15) is 5.75 Å². The number of carboxylic acids is 1. The molecule has 0 radical (unpaired) electrons. The molecule has 0 aliphatic carbocycles. The van der Waals surface area contributed by atoms with E-state index in [2.05, 4.69) is 11.9 Å². The van der Waals surface area contributed by atoms with Crippen molar-refractivity contribution >= 4 is 29.2 Å². The number of anilines is 2. The maximum atomic E-state index is 11.9. The van der Waals surface area contributed by atoms with Gasteiger partial charge in [0, 0.05) is 18.7 Å². The van der Waals surface area contributed by atoms with Crippen molar-refractivity contribution in [2.75, 3.05) is 23.4 Å². The lowest BCUT2D eigenvalue weighted by Gasteiger charge is -2.28. The number of aliphatic carboxylic acids is 1. The zero-order valence-electron chi connectivity index (χ0n) is 11.9. The van der Waals surface area contributed by atoms with E-state index in [1.54, 1.807) is 24.3 Å². The molecule has 0 bridgehead atoms. The Morgan fingerprint density at radius 3 is 2.86 bits per heavy atom. The van der Waals surface area contributed by atoms with E-state index in [1.165, 1.54) is 4.90 Å². The molecule has 1 aliphatic rings. The number of carbonyl (C=O) groups is 3. The highest BCUT2D eigenvalue weighted by Gasteiger charge is 2.24. The fraction of sp³-hybridized carbons (Fsp3) is 0.267. The number of carbonyl (C=O) groups excluding carboxylic acids is 2. The van der Waals surface area contributed by atoms with Gasteiger partial charge < -0.3 is 20.1 Å². The van der Waals surface area contributed by atoms with E-state index in [0.717, 1.165) is 0 Å². The van der Waals surface area contributed by atoms with Crippen LogP contribution in [0.1, 0.15) is 12.8 Å². The van der Waals surface area contributed by atoms with Crippen molar-refractivity contribution in [3.05, 3.63) is 30.9 Å². The van der Waals surface area contributed by atoms with Crippen LogP contribution >= 0.6 is 0 Å². The minimum atomic E-state index is -1.03. The molecule has 116 valence electrons. The molecule has 0 saturated heterocycles. The van der Waals surface area contributed by atoms with Crippen LogP contribution in [0.25, 0.3) is 0 Å². The Labute approximate surface area is 127 Å². The summed E-state index contributed by atoms with van der Waals surface area (Å²) in [5.41, 5.74) is 1.02. The van der Waals surface area contributed by atoms with Crippen LogP contribution in [0.15, 0.2) is 30.9 Å². The summed E-state index contributed by atoms with van der Waals surface area (Å²) in [5.74, 6) is -1.08. The standard InChI is InChI=1S/C15H16N2O5/c1-2-7-17-11-8-10(16-13(18)5-6-15(20)21)3-4-12(11)22-9-14(17)19/h2-4,8H,1,5-7,9H2,(H,16,18)(H,20,21). The van der Waals surface area contributed by atoms with Crippen LogP contribution in [0.3, 0.4) is 0 Å². The second-order valence-electron chi connectivity index (χ2n) is 4.71. The number of nitrogens with one attached hydrogen (secondary N) is 1. The van der Waals surface area contributed by atoms with E-state index in [0.29, 0.717) is 23.7 Å². The van der Waals surface area contributed by atoms with Crippen molar-refractivity contribution in [3.8, 4) is 5.75 Å². The van der Waals surface area contributed by atoms with Gasteiger partial charge in [0.25, 0.3) is 5.91 Å². The molecule has 7 nitrogen and oxygen atoms in total. The average molecular weight is 304 g/mol. The van der Waals surface area contributed by atoms with E-state index in [1.807, 2.05) is 0 Å². The summed E-state index contributed by atoms with van der Waals surface area (Å²) < 4.78 is 5.34. The van der Waals surface area contributed by atoms with Gasteiger partial charge in [-0.3, -0.25) is 14.4 Å². The molecule has 22 heavy (non-hydrogen) atoms. The first-order valence-corrected chi connectivity index (χ1v) is 6.71. The lowest BCUT2D eigenvalue weighted by atomic mass is 10.2. The normalized spacial score (nSPS) is 13.1. The van der Waals surface area contributed by atoms with E-state index >= 15 is 0 Å². The minimum Gasteiger partial charge on any atom is -0.482 e. The van der Waals surface area contributed by atoms with E-state index in [-0.39, 0.29) is 25.4 Å². The molecule has 1 aliphatic heterocycles. The molecule has 2 amide bonds. The molecule has 0 aromatic heterocycles. The predicted molar refractivity (Wildman–Crippen MR) is 80.0 cm³/mol. The molecule has 0 fully saturated rings. The van der Waals surface area contributed by atoms with E-state index < -0.39 is 11.9 Å². The Balaban J connectivity index is 2.15. The van der Waals surface area contributed by atoms with Crippen molar-refractivity contribution in [1.82, 2.24) is 0 Å². The van der Waals surface area contributed by atoms with Gasteiger partial charge in [-0.05, 0) is 18.2 Å². The molecule has 1 aromatic rings. The molecule has 0 unspecified atom stereocenters. The molecule has 1 aromatic carbocycles. The Morgan fingerprint density at radius 2 is 2.18 bits per heavy atom. The number of rotatable bonds is 6. The summed E-state index contributed by atoms with van der Waals surface area (Å²) in [5, 5.41) is 11.2. The molecule has 0 atom stereocenters. The van der Waals surface area contributed by atoms with Gasteiger partial charge in [-0.15, -0.1) is 6.58 Å². The SMILES string of the molecule is C=CCN1C(=O)COc2ccc(NC(=O)CCC(=O)O)cc21. The van der Waals surface area contributed by atoms with E-state index in [4.69, 9.17) is 9.84 Å². The van der Waals surface area contributed by atoms with Gasteiger partial charge in [-0.1, -0.05) is 6.08 Å². The number of ether oxygens (including phenoxy) is 1. The summed E-state index contributed by atoms with van der Waals surface area (Å²) in [4.78, 5) is 35.5. The number of fused-ring (bicyclic) bond motifs is 1. The monoisotopic (exact) mass is 304 g/mol. The highest BCUT2D eigenvalue weighted by molar-refractivity contribution is 6.00. The lowest BCUT2D eigenvalue weighted by Crippen LogP contribution is -2.38. The Kier molecular flexibility index (Phi) is 4.77. The van der Waals surface area contributed by atoms with Crippen molar-refractivity contribution < 1.29 is 24.2 Å². The van der Waals surface area contributed by atoms with Crippen LogP contribution < -0.4 is 15.0 Å². The molecule has 0 saturated carbocycles. The van der Waals surface area contributed by atoms with Crippen LogP contribution in [0.4, 0.5) is 11.4 Å². The first kappa shape index (κ1) is 15.6. The Hall–Kier alpha value is -2.83. The molecular weight excluding hydrogens is 288 g/mol. The van der Waals surface area contributed by atoms with Crippen LogP contribution in [-0.4, -0.2) is 36.0 Å². The number of amides is 2. The summed E-state index contributed by atoms with van der Waals surface area (Å²) >= 11 is 0. The number of nitrogens with zero attached hydrogens (tertiary/aromatic N) is 1. The van der Waals surface area contributed by atoms with Crippen LogP contribution in [0.2, 0.25) is 0 Å². The summed E-state index contributed by atoms with van der Waals surface area (Å²) in [6.07, 6.45) is 1.25. The second-order valence-corrected chi connectivity index (χ2v) is 4.71. The second kappa shape index (κ2) is 6.75. The van der Waals surface area contributed by atoms with E-state index in [9.17, 15) is 14.4 Å². The molecule has 1 heterocycles. The number of benzene rings is 1. The molecule has 0 spiro atoms. The Bertz CT molecular complexity index is 626. The van der Waals surface area contributed by atoms with Crippen LogP contribution in [0.5, 0.6) is 5.75 Å². The number of hydrogen-bond acceptors (Lipinski definition) is 4. The first-order valence-electron chi connectivity index (χ1n) is 6.71. The quantitative estimate of drug-likeness (QED) is 0.774. The van der Waals surface area contributed by atoms with Crippen molar-refractivity contribution in [1.29, 1.82) is 0 Å². The maximum absolute atomic E-state index is 11.9. The fourth-order valence-electron chi connectivity index (χ4n) is 2.05. The Morgan fingerprint density at radius 1 is 1.41 bits per heavy atom. The van der Waals surface area contributed by atoms with Gasteiger partial charge in [-0.2, -0.15) is 0 Å². The average Bonchev–Trinajstić information content (AvgIpc) is 2.48. The topological polar surface area (TPSA) is 95.9 Å². The fourth-order valence-corrected chi connectivity index (χ4v) is 2.05. The number of hydrogen-bond donors (Lipinski definition) is 2. The summed E-state index contributed by atoms with van der Waals surface area (Å²) in [6.45, 7) is 3.92. The molecule has 7 heteroatoms. The summed E-state index contributed by atoms with van der Waals surface area (Å²) in [7, 11) is 0. The highest BCUT2D eigenvalue weighted by Crippen LogP contribution is 2.34. The van der Waals surface area contributed by atoms with Crippen molar-refractivity contribution in [2.24, 2.45) is 0 Å². The van der Waals surface area contributed by atoms with Gasteiger partial charge in [0.05, 0.1) is 12.1 Å². The third-order valence-electron chi connectivity index (χ3n) is 3.06. The predicted octanol–water partition coefficient (Wildman–Crippen LogP) is 1.40.